The Bertz CT molecular complexity index is 1090. The molecule has 1 aliphatic heterocycles. The van der Waals surface area contributed by atoms with Crippen molar-refractivity contribution < 1.29 is 23.9 Å². The van der Waals surface area contributed by atoms with Gasteiger partial charge in [0.05, 0.1) is 5.69 Å². The summed E-state index contributed by atoms with van der Waals surface area (Å²) in [6.07, 6.45) is 5.33. The molecule has 2 aromatic carbocycles. The summed E-state index contributed by atoms with van der Waals surface area (Å²) in [5, 5.41) is 3.09. The molecule has 2 amide bonds. The van der Waals surface area contributed by atoms with E-state index in [-0.39, 0.29) is 36.9 Å². The summed E-state index contributed by atoms with van der Waals surface area (Å²) in [5.41, 5.74) is 2.83. The Morgan fingerprint density at radius 2 is 1.88 bits per heavy atom. The Morgan fingerprint density at radius 1 is 1.12 bits per heavy atom. The Hall–Kier alpha value is -3.35. The van der Waals surface area contributed by atoms with Gasteiger partial charge in [0.25, 0.3) is 5.91 Å². The van der Waals surface area contributed by atoms with Crippen molar-refractivity contribution in [3.05, 3.63) is 53.1 Å². The van der Waals surface area contributed by atoms with E-state index in [9.17, 15) is 14.4 Å². The number of carbonyl (C=O) groups is 3. The number of aryl methyl sites for hydroxylation is 2. The van der Waals surface area contributed by atoms with Gasteiger partial charge in [-0.3, -0.25) is 19.3 Å². The zero-order chi connectivity index (χ0) is 24.2. The third-order valence-corrected chi connectivity index (χ3v) is 6.58. The van der Waals surface area contributed by atoms with Gasteiger partial charge in [0.2, 0.25) is 5.91 Å². The van der Waals surface area contributed by atoms with Crippen LogP contribution in [0.1, 0.15) is 60.5 Å². The van der Waals surface area contributed by atoms with E-state index in [1.807, 2.05) is 32.0 Å². The lowest BCUT2D eigenvalue weighted by atomic mass is 9.95. The fraction of sp³-hybridized carbons (Fsp3) is 0.444. The molecule has 1 saturated carbocycles. The molecule has 1 unspecified atom stereocenters. The molecular weight excluding hydrogens is 432 g/mol. The number of anilines is 1. The number of rotatable bonds is 7. The fourth-order valence-corrected chi connectivity index (χ4v) is 4.54. The Labute approximate surface area is 200 Å². The first kappa shape index (κ1) is 23.8. The van der Waals surface area contributed by atoms with Gasteiger partial charge in [-0.2, -0.15) is 0 Å². The lowest BCUT2D eigenvalue weighted by Gasteiger charge is -2.34. The highest BCUT2D eigenvalue weighted by atomic mass is 16.5. The van der Waals surface area contributed by atoms with Gasteiger partial charge in [0.1, 0.15) is 17.5 Å². The normalized spacial score (nSPS) is 16.9. The third-order valence-electron chi connectivity index (χ3n) is 6.58. The number of nitrogens with zero attached hydrogens (tertiary/aromatic N) is 1. The molecule has 1 aliphatic carbocycles. The maximum atomic E-state index is 13.0. The van der Waals surface area contributed by atoms with E-state index in [2.05, 4.69) is 5.32 Å². The number of hydrogen-bond acceptors (Lipinski definition) is 5. The van der Waals surface area contributed by atoms with E-state index in [0.717, 1.165) is 36.8 Å². The van der Waals surface area contributed by atoms with Gasteiger partial charge in [0, 0.05) is 11.6 Å². The van der Waals surface area contributed by atoms with Crippen molar-refractivity contribution in [1.29, 1.82) is 0 Å². The van der Waals surface area contributed by atoms with Crippen molar-refractivity contribution in [2.45, 2.75) is 65.0 Å². The van der Waals surface area contributed by atoms with Gasteiger partial charge in [-0.1, -0.05) is 31.4 Å². The highest BCUT2D eigenvalue weighted by Gasteiger charge is 2.34. The SMILES string of the molecule is Cc1ccc(C)c(OCC(=O)c2ccc3c(c2)N(C(C)C(=O)NC2CCCCC2)C(=O)CO3)c1. The number of ether oxygens (including phenoxy) is 2. The molecule has 7 heteroatoms. The first-order valence-electron chi connectivity index (χ1n) is 12.0. The second kappa shape index (κ2) is 10.3. The average Bonchev–Trinajstić information content (AvgIpc) is 2.84. The van der Waals surface area contributed by atoms with Crippen LogP contribution in [0.3, 0.4) is 0 Å². The zero-order valence-corrected chi connectivity index (χ0v) is 20.1. The lowest BCUT2D eigenvalue weighted by molar-refractivity contribution is -0.128. The lowest BCUT2D eigenvalue weighted by Crippen LogP contribution is -2.53. The van der Waals surface area contributed by atoms with Crippen LogP contribution in [0.25, 0.3) is 0 Å². The van der Waals surface area contributed by atoms with Crippen molar-refractivity contribution in [2.75, 3.05) is 18.1 Å². The number of ketones is 1. The number of benzene rings is 2. The predicted octanol–water partition coefficient (Wildman–Crippen LogP) is 4.13. The number of amides is 2. The van der Waals surface area contributed by atoms with Crippen molar-refractivity contribution in [2.24, 2.45) is 0 Å². The predicted molar refractivity (Wildman–Crippen MR) is 130 cm³/mol. The summed E-state index contributed by atoms with van der Waals surface area (Å²) >= 11 is 0. The van der Waals surface area contributed by atoms with E-state index in [1.54, 1.807) is 25.1 Å². The Kier molecular flexibility index (Phi) is 7.20. The van der Waals surface area contributed by atoms with Crippen LogP contribution in [-0.2, 0) is 9.59 Å². The maximum Gasteiger partial charge on any atom is 0.265 e. The molecule has 1 fully saturated rings. The van der Waals surface area contributed by atoms with Gasteiger partial charge in [0.15, 0.2) is 19.0 Å². The Balaban J connectivity index is 1.50. The van der Waals surface area contributed by atoms with Gasteiger partial charge in [-0.05, 0) is 69.0 Å². The summed E-state index contributed by atoms with van der Waals surface area (Å²) in [7, 11) is 0. The molecule has 34 heavy (non-hydrogen) atoms. The Morgan fingerprint density at radius 3 is 2.65 bits per heavy atom. The van der Waals surface area contributed by atoms with Crippen LogP contribution in [0.15, 0.2) is 36.4 Å². The standard InChI is InChI=1S/C27H32N2O5/c1-17-9-10-18(2)25(13-17)33-15-23(30)20-11-12-24-22(14-20)29(26(31)16-34-24)19(3)27(32)28-21-7-5-4-6-8-21/h9-14,19,21H,4-8,15-16H2,1-3H3,(H,28,32). The van der Waals surface area contributed by atoms with Crippen LogP contribution < -0.4 is 19.7 Å². The number of Topliss-reactive ketones (excluding diaryl/α,β-unsaturated/α-hetero) is 1. The van der Waals surface area contributed by atoms with Crippen molar-refractivity contribution in [3.63, 3.8) is 0 Å². The molecule has 0 bridgehead atoms. The number of hydrogen-bond donors (Lipinski definition) is 1. The maximum absolute atomic E-state index is 13.0. The van der Waals surface area contributed by atoms with Gasteiger partial charge >= 0.3 is 0 Å². The van der Waals surface area contributed by atoms with E-state index in [4.69, 9.17) is 9.47 Å². The molecule has 2 aromatic rings. The van der Waals surface area contributed by atoms with Crippen LogP contribution in [0.5, 0.6) is 11.5 Å². The topological polar surface area (TPSA) is 84.9 Å². The van der Waals surface area contributed by atoms with E-state index in [1.165, 1.54) is 11.3 Å². The van der Waals surface area contributed by atoms with E-state index >= 15 is 0 Å². The summed E-state index contributed by atoms with van der Waals surface area (Å²) < 4.78 is 11.3. The van der Waals surface area contributed by atoms with Crippen molar-refractivity contribution >= 4 is 23.3 Å². The van der Waals surface area contributed by atoms with Crippen LogP contribution in [0.4, 0.5) is 5.69 Å². The van der Waals surface area contributed by atoms with Crippen LogP contribution in [0, 0.1) is 13.8 Å². The first-order chi connectivity index (χ1) is 16.3. The summed E-state index contributed by atoms with van der Waals surface area (Å²) in [6.45, 7) is 5.34. The summed E-state index contributed by atoms with van der Waals surface area (Å²) in [5.74, 6) is 0.419. The molecule has 0 radical (unpaired) electrons. The van der Waals surface area contributed by atoms with Gasteiger partial charge < -0.3 is 14.8 Å². The molecular formula is C27H32N2O5. The van der Waals surface area contributed by atoms with Crippen molar-refractivity contribution in [1.82, 2.24) is 5.32 Å². The number of nitrogens with one attached hydrogen (secondary N) is 1. The fourth-order valence-electron chi connectivity index (χ4n) is 4.54. The highest BCUT2D eigenvalue weighted by Crippen LogP contribution is 2.35. The van der Waals surface area contributed by atoms with E-state index in [0.29, 0.717) is 22.7 Å². The van der Waals surface area contributed by atoms with Gasteiger partial charge in [-0.25, -0.2) is 0 Å². The molecule has 180 valence electrons. The van der Waals surface area contributed by atoms with Crippen molar-refractivity contribution in [3.8, 4) is 11.5 Å². The van der Waals surface area contributed by atoms with Crippen LogP contribution in [-0.4, -0.2) is 42.9 Å². The largest absolute Gasteiger partial charge is 0.485 e. The molecule has 4 rings (SSSR count). The van der Waals surface area contributed by atoms with Crippen LogP contribution >= 0.6 is 0 Å². The zero-order valence-electron chi connectivity index (χ0n) is 20.1. The molecule has 2 aliphatic rings. The monoisotopic (exact) mass is 464 g/mol. The molecule has 1 N–H and O–H groups in total. The second-order valence-electron chi connectivity index (χ2n) is 9.24. The van der Waals surface area contributed by atoms with E-state index < -0.39 is 6.04 Å². The third kappa shape index (κ3) is 5.24. The molecule has 0 spiro atoms. The minimum absolute atomic E-state index is 0.129. The minimum atomic E-state index is -0.714. The summed E-state index contributed by atoms with van der Waals surface area (Å²) in [6, 6.07) is 10.2. The van der Waals surface area contributed by atoms with Gasteiger partial charge in [-0.15, -0.1) is 0 Å². The molecule has 7 nitrogen and oxygen atoms in total. The first-order valence-corrected chi connectivity index (χ1v) is 12.0. The highest BCUT2D eigenvalue weighted by molar-refractivity contribution is 6.05. The molecule has 1 heterocycles. The molecule has 0 saturated heterocycles. The smallest absolute Gasteiger partial charge is 0.265 e. The number of fused-ring (bicyclic) bond motifs is 1. The number of carbonyl (C=O) groups excluding carboxylic acids is 3. The summed E-state index contributed by atoms with van der Waals surface area (Å²) in [4.78, 5) is 40.1. The minimum Gasteiger partial charge on any atom is -0.485 e. The van der Waals surface area contributed by atoms with Crippen LogP contribution in [0.2, 0.25) is 0 Å². The molecule has 1 atom stereocenters. The average molecular weight is 465 g/mol. The second-order valence-corrected chi connectivity index (χ2v) is 9.24. The molecule has 0 aromatic heterocycles. The quantitative estimate of drug-likeness (QED) is 0.623.